The molecule has 0 aliphatic carbocycles. The second kappa shape index (κ2) is 33.3. The van der Waals surface area contributed by atoms with Crippen molar-refractivity contribution in [3.05, 3.63) is 0 Å². The van der Waals surface area contributed by atoms with E-state index in [1.165, 1.54) is 70.6 Å². The molecule has 13 nitrogen and oxygen atoms in total. The van der Waals surface area contributed by atoms with Gasteiger partial charge in [-0.1, -0.05) is 84.0 Å². The number of amides is 3. The number of unbranched alkanes of at least 4 members (excludes halogenated alkanes) is 12. The normalized spacial score (nSPS) is 13.1. The fourth-order valence-electron chi connectivity index (χ4n) is 4.82. The van der Waals surface area contributed by atoms with Crippen molar-refractivity contribution in [3.8, 4) is 0 Å². The number of hydroxylamine groups is 2. The third kappa shape index (κ3) is 27.8. The van der Waals surface area contributed by atoms with E-state index in [0.29, 0.717) is 90.7 Å². The van der Waals surface area contributed by atoms with Crippen LogP contribution in [0.5, 0.6) is 0 Å². The minimum absolute atomic E-state index is 0.0623. The van der Waals surface area contributed by atoms with E-state index in [4.69, 9.17) is 33.3 Å². The van der Waals surface area contributed by atoms with Crippen LogP contribution in [-0.4, -0.2) is 115 Å². The molecule has 48 heavy (non-hydrogen) atoms. The Morgan fingerprint density at radius 1 is 0.521 bits per heavy atom. The number of ether oxygens (including phenoxy) is 6. The molecule has 0 saturated carbocycles. The van der Waals surface area contributed by atoms with Gasteiger partial charge in [0.05, 0.1) is 85.7 Å². The lowest BCUT2D eigenvalue weighted by Crippen LogP contribution is -2.32. The highest BCUT2D eigenvalue weighted by molar-refractivity contribution is 6.01. The van der Waals surface area contributed by atoms with E-state index in [2.05, 4.69) is 12.2 Å². The number of nitrogens with one attached hydrogen (secondary N) is 1. The van der Waals surface area contributed by atoms with Crippen molar-refractivity contribution < 1.29 is 52.4 Å². The molecule has 0 unspecified atom stereocenters. The fraction of sp³-hybridized carbons (Fsp3) is 0.886. The molecular weight excluding hydrogens is 624 g/mol. The first-order valence-electron chi connectivity index (χ1n) is 18.3. The van der Waals surface area contributed by atoms with Crippen LogP contribution in [0.25, 0.3) is 0 Å². The van der Waals surface area contributed by atoms with Crippen molar-refractivity contribution in [1.82, 2.24) is 10.4 Å². The maximum absolute atomic E-state index is 12.0. The van der Waals surface area contributed by atoms with Gasteiger partial charge in [0.1, 0.15) is 0 Å². The van der Waals surface area contributed by atoms with E-state index in [0.717, 1.165) is 12.8 Å². The van der Waals surface area contributed by atoms with Crippen LogP contribution in [0.15, 0.2) is 0 Å². The average molecular weight is 689 g/mol. The number of imide groups is 1. The quantitative estimate of drug-likeness (QED) is 0.0723. The summed E-state index contributed by atoms with van der Waals surface area (Å²) >= 11 is 0. The Morgan fingerprint density at radius 2 is 0.896 bits per heavy atom. The molecule has 0 aromatic carbocycles. The molecular formula is C35H64N2O11. The number of carbonyl (C=O) groups excluding carboxylic acids is 4. The molecule has 280 valence electrons. The smallest absolute Gasteiger partial charge is 0.335 e. The van der Waals surface area contributed by atoms with E-state index in [1.54, 1.807) is 0 Å². The van der Waals surface area contributed by atoms with Gasteiger partial charge in [-0.25, -0.2) is 4.79 Å². The molecule has 0 atom stereocenters. The Bertz CT molecular complexity index is 799. The first-order chi connectivity index (χ1) is 23.5. The van der Waals surface area contributed by atoms with Crippen LogP contribution in [0, 0.1) is 0 Å². The highest BCUT2D eigenvalue weighted by atomic mass is 16.7. The van der Waals surface area contributed by atoms with Crippen LogP contribution in [0.1, 0.15) is 116 Å². The van der Waals surface area contributed by atoms with Crippen molar-refractivity contribution in [2.24, 2.45) is 0 Å². The number of rotatable bonds is 36. The molecule has 0 bridgehead atoms. The number of hydrogen-bond donors (Lipinski definition) is 1. The van der Waals surface area contributed by atoms with Gasteiger partial charge in [0.15, 0.2) is 0 Å². The number of carbonyl (C=O) groups is 4. The number of nitrogens with zero attached hydrogens (tertiary/aromatic N) is 1. The molecule has 1 fully saturated rings. The van der Waals surface area contributed by atoms with Gasteiger partial charge in [0.2, 0.25) is 5.91 Å². The zero-order valence-corrected chi connectivity index (χ0v) is 29.7. The van der Waals surface area contributed by atoms with E-state index in [-0.39, 0.29) is 31.8 Å². The SMILES string of the molecule is CCCCCCCCCCCCCCCC(=O)NCCOCCOCCOCCOCCOCCOCCC(=O)ON1C(=O)CCC1=O. The first-order valence-corrected chi connectivity index (χ1v) is 18.3. The lowest BCUT2D eigenvalue weighted by molar-refractivity contribution is -0.198. The van der Waals surface area contributed by atoms with Crippen molar-refractivity contribution in [1.29, 1.82) is 0 Å². The van der Waals surface area contributed by atoms with Crippen LogP contribution in [0.4, 0.5) is 0 Å². The zero-order chi connectivity index (χ0) is 34.8. The lowest BCUT2D eigenvalue weighted by Gasteiger charge is -2.12. The van der Waals surface area contributed by atoms with Gasteiger partial charge in [-0.15, -0.1) is 5.06 Å². The standard InChI is InChI=1S/C35H64N2O11/c1-2-3-4-5-6-7-8-9-10-11-12-13-14-15-32(38)36-19-21-43-23-25-45-27-29-47-31-30-46-28-26-44-24-22-42-20-18-35(41)48-37-33(39)16-17-34(37)40/h2-31H2,1H3,(H,36,38). The molecule has 0 spiro atoms. The highest BCUT2D eigenvalue weighted by Crippen LogP contribution is 2.14. The summed E-state index contributed by atoms with van der Waals surface area (Å²) < 4.78 is 32.5. The molecule has 3 amide bonds. The van der Waals surface area contributed by atoms with Crippen LogP contribution in [-0.2, 0) is 52.4 Å². The number of hydrogen-bond acceptors (Lipinski definition) is 11. The predicted molar refractivity (Wildman–Crippen MR) is 180 cm³/mol. The summed E-state index contributed by atoms with van der Waals surface area (Å²) in [6.45, 7) is 7.57. The Balaban J connectivity index is 1.69. The summed E-state index contributed by atoms with van der Waals surface area (Å²) in [5, 5.41) is 3.44. The molecule has 1 heterocycles. The molecule has 1 aliphatic heterocycles. The highest BCUT2D eigenvalue weighted by Gasteiger charge is 2.32. The third-order valence-electron chi connectivity index (χ3n) is 7.59. The van der Waals surface area contributed by atoms with Crippen molar-refractivity contribution in [2.75, 3.05) is 85.8 Å². The first kappa shape index (κ1) is 43.9. The Kier molecular flexibility index (Phi) is 30.5. The molecule has 0 radical (unpaired) electrons. The van der Waals surface area contributed by atoms with Crippen molar-refractivity contribution in [2.45, 2.75) is 116 Å². The predicted octanol–water partition coefficient (Wildman–Crippen LogP) is 4.68. The third-order valence-corrected chi connectivity index (χ3v) is 7.59. The van der Waals surface area contributed by atoms with E-state index in [1.807, 2.05) is 0 Å². The Morgan fingerprint density at radius 3 is 1.33 bits per heavy atom. The minimum Gasteiger partial charge on any atom is -0.378 e. The van der Waals surface area contributed by atoms with Gasteiger partial charge in [0.25, 0.3) is 11.8 Å². The maximum Gasteiger partial charge on any atom is 0.335 e. The molecule has 1 rings (SSSR count). The van der Waals surface area contributed by atoms with Crippen molar-refractivity contribution >= 4 is 23.7 Å². The van der Waals surface area contributed by atoms with Crippen LogP contribution >= 0.6 is 0 Å². The van der Waals surface area contributed by atoms with Gasteiger partial charge in [-0.05, 0) is 6.42 Å². The van der Waals surface area contributed by atoms with E-state index in [9.17, 15) is 19.2 Å². The van der Waals surface area contributed by atoms with Gasteiger partial charge in [-0.2, -0.15) is 0 Å². The summed E-state index contributed by atoms with van der Waals surface area (Å²) in [4.78, 5) is 51.1. The molecule has 0 aromatic heterocycles. The van der Waals surface area contributed by atoms with E-state index >= 15 is 0 Å². The minimum atomic E-state index is -0.695. The summed E-state index contributed by atoms with van der Waals surface area (Å²) in [5.74, 6) is -1.61. The zero-order valence-electron chi connectivity index (χ0n) is 29.7. The van der Waals surface area contributed by atoms with E-state index < -0.39 is 17.8 Å². The van der Waals surface area contributed by atoms with Gasteiger partial charge < -0.3 is 38.6 Å². The van der Waals surface area contributed by atoms with Crippen LogP contribution in [0.2, 0.25) is 0 Å². The largest absolute Gasteiger partial charge is 0.378 e. The average Bonchev–Trinajstić information content (AvgIpc) is 3.39. The lowest BCUT2D eigenvalue weighted by atomic mass is 10.0. The molecule has 1 aliphatic rings. The van der Waals surface area contributed by atoms with Crippen molar-refractivity contribution in [3.63, 3.8) is 0 Å². The molecule has 1 N–H and O–H groups in total. The summed E-state index contributed by atoms with van der Waals surface area (Å²) in [5.41, 5.74) is 0. The Labute approximate surface area is 288 Å². The molecule has 1 saturated heterocycles. The summed E-state index contributed by atoms with van der Waals surface area (Å²) in [6, 6.07) is 0. The fourth-order valence-corrected chi connectivity index (χ4v) is 4.82. The monoisotopic (exact) mass is 688 g/mol. The maximum atomic E-state index is 12.0. The molecule has 0 aromatic rings. The van der Waals surface area contributed by atoms with Gasteiger partial charge in [-0.3, -0.25) is 14.4 Å². The van der Waals surface area contributed by atoms with Crippen LogP contribution in [0.3, 0.4) is 0 Å². The topological polar surface area (TPSA) is 148 Å². The van der Waals surface area contributed by atoms with Crippen LogP contribution < -0.4 is 5.32 Å². The summed E-state index contributed by atoms with van der Waals surface area (Å²) in [7, 11) is 0. The Hall–Kier alpha value is -2.16. The second-order valence-electron chi connectivity index (χ2n) is 11.8. The van der Waals surface area contributed by atoms with Gasteiger partial charge >= 0.3 is 5.97 Å². The second-order valence-corrected chi connectivity index (χ2v) is 11.8. The molecule has 13 heteroatoms. The summed E-state index contributed by atoms with van der Waals surface area (Å²) in [6.07, 6.45) is 17.6. The van der Waals surface area contributed by atoms with Gasteiger partial charge in [0, 0.05) is 25.8 Å².